The van der Waals surface area contributed by atoms with Gasteiger partial charge in [-0.05, 0) is 12.3 Å². The third-order valence-electron chi connectivity index (χ3n) is 1.80. The maximum atomic E-state index is 8.63. The van der Waals surface area contributed by atoms with Crippen LogP contribution in [-0.4, -0.2) is 9.97 Å². The number of imidazole rings is 1. The number of rotatable bonds is 1. The number of hydrogen-bond acceptors (Lipinski definition) is 2. The van der Waals surface area contributed by atoms with Gasteiger partial charge < -0.3 is 4.98 Å². The highest BCUT2D eigenvalue weighted by atomic mass is 14.9. The molecule has 1 rings (SSSR count). The van der Waals surface area contributed by atoms with Crippen LogP contribution in [0.5, 0.6) is 0 Å². The molecule has 0 spiro atoms. The van der Waals surface area contributed by atoms with Crippen LogP contribution >= 0.6 is 0 Å². The Kier molecular flexibility index (Phi) is 3.11. The molecule has 1 aromatic rings. The standard InChI is InChI=1S/C10H11N3/c1-3-8(2)4-5-9-10(6-11)13-7-12-9/h7-8H,3H2,1-2H3,(H,12,13). The molecule has 1 N–H and O–H groups in total. The van der Waals surface area contributed by atoms with Gasteiger partial charge in [-0.25, -0.2) is 4.98 Å². The Labute approximate surface area is 77.8 Å². The quantitative estimate of drug-likeness (QED) is 0.657. The summed E-state index contributed by atoms with van der Waals surface area (Å²) in [7, 11) is 0. The summed E-state index contributed by atoms with van der Waals surface area (Å²) in [5.41, 5.74) is 0.985. The van der Waals surface area contributed by atoms with Gasteiger partial charge in [0.2, 0.25) is 0 Å². The van der Waals surface area contributed by atoms with Crippen molar-refractivity contribution in [1.82, 2.24) is 9.97 Å². The highest BCUT2D eigenvalue weighted by molar-refractivity contribution is 5.38. The molecular weight excluding hydrogens is 162 g/mol. The lowest BCUT2D eigenvalue weighted by Crippen LogP contribution is -1.86. The Balaban J connectivity index is 2.84. The lowest BCUT2D eigenvalue weighted by atomic mass is 10.1. The van der Waals surface area contributed by atoms with Crippen molar-refractivity contribution in [1.29, 1.82) is 5.26 Å². The third-order valence-corrected chi connectivity index (χ3v) is 1.80. The SMILES string of the molecule is CCC(C)C#Cc1[nH]cnc1C#N. The fourth-order valence-corrected chi connectivity index (χ4v) is 0.772. The zero-order valence-corrected chi connectivity index (χ0v) is 7.76. The minimum Gasteiger partial charge on any atom is -0.337 e. The van der Waals surface area contributed by atoms with Crippen LogP contribution in [0.1, 0.15) is 31.7 Å². The van der Waals surface area contributed by atoms with Crippen molar-refractivity contribution in [2.75, 3.05) is 0 Å². The number of nitrogens with zero attached hydrogens (tertiary/aromatic N) is 2. The van der Waals surface area contributed by atoms with Crippen LogP contribution < -0.4 is 0 Å². The average Bonchev–Trinajstić information content (AvgIpc) is 2.61. The van der Waals surface area contributed by atoms with Crippen molar-refractivity contribution >= 4 is 0 Å². The summed E-state index contributed by atoms with van der Waals surface area (Å²) in [5.74, 6) is 6.30. The van der Waals surface area contributed by atoms with E-state index in [0.717, 1.165) is 6.42 Å². The normalized spacial score (nSPS) is 11.2. The lowest BCUT2D eigenvalue weighted by molar-refractivity contribution is 0.723. The largest absolute Gasteiger partial charge is 0.337 e. The van der Waals surface area contributed by atoms with E-state index in [1.54, 1.807) is 0 Å². The van der Waals surface area contributed by atoms with E-state index in [9.17, 15) is 0 Å². The molecule has 0 aliphatic rings. The first-order valence-corrected chi connectivity index (χ1v) is 4.23. The van der Waals surface area contributed by atoms with Gasteiger partial charge in [0, 0.05) is 5.92 Å². The van der Waals surface area contributed by atoms with E-state index >= 15 is 0 Å². The molecule has 0 radical (unpaired) electrons. The minimum absolute atomic E-state index is 0.356. The van der Waals surface area contributed by atoms with E-state index in [4.69, 9.17) is 5.26 Å². The van der Waals surface area contributed by atoms with Crippen LogP contribution in [0.25, 0.3) is 0 Å². The maximum absolute atomic E-state index is 8.63. The van der Waals surface area contributed by atoms with Crippen LogP contribution in [0, 0.1) is 29.1 Å². The van der Waals surface area contributed by atoms with Crippen molar-refractivity contribution in [3.63, 3.8) is 0 Å². The van der Waals surface area contributed by atoms with Gasteiger partial charge in [-0.2, -0.15) is 5.26 Å². The number of aromatic nitrogens is 2. The van der Waals surface area contributed by atoms with Gasteiger partial charge in [0.05, 0.1) is 6.33 Å². The lowest BCUT2D eigenvalue weighted by Gasteiger charge is -1.93. The van der Waals surface area contributed by atoms with Crippen molar-refractivity contribution in [2.45, 2.75) is 20.3 Å². The summed E-state index contributed by atoms with van der Waals surface area (Å²) < 4.78 is 0. The molecule has 0 aromatic carbocycles. The molecule has 0 saturated heterocycles. The fourth-order valence-electron chi connectivity index (χ4n) is 0.772. The van der Waals surface area contributed by atoms with Crippen LogP contribution in [0.3, 0.4) is 0 Å². The minimum atomic E-state index is 0.356. The molecule has 0 amide bonds. The number of hydrogen-bond donors (Lipinski definition) is 1. The predicted octanol–water partition coefficient (Wildman–Crippen LogP) is 1.68. The Morgan fingerprint density at radius 1 is 1.69 bits per heavy atom. The van der Waals surface area contributed by atoms with Crippen molar-refractivity contribution in [3.8, 4) is 17.9 Å². The van der Waals surface area contributed by atoms with Gasteiger partial charge in [0.15, 0.2) is 5.69 Å². The third kappa shape index (κ3) is 2.35. The van der Waals surface area contributed by atoms with Gasteiger partial charge in [-0.3, -0.25) is 0 Å². The van der Waals surface area contributed by atoms with E-state index in [1.807, 2.05) is 6.07 Å². The van der Waals surface area contributed by atoms with Crippen molar-refractivity contribution in [3.05, 3.63) is 17.7 Å². The summed E-state index contributed by atoms with van der Waals surface area (Å²) >= 11 is 0. The maximum Gasteiger partial charge on any atom is 0.174 e. The molecule has 1 atom stereocenters. The average molecular weight is 173 g/mol. The molecule has 0 fully saturated rings. The monoisotopic (exact) mass is 173 g/mol. The summed E-state index contributed by atoms with van der Waals surface area (Å²) in [6, 6.07) is 1.97. The first-order chi connectivity index (χ1) is 6.27. The summed E-state index contributed by atoms with van der Waals surface area (Å²) in [5, 5.41) is 8.63. The molecule has 1 unspecified atom stereocenters. The molecule has 3 heteroatoms. The van der Waals surface area contributed by atoms with Crippen LogP contribution in [0.15, 0.2) is 6.33 Å². The van der Waals surface area contributed by atoms with E-state index in [2.05, 4.69) is 35.7 Å². The molecule has 66 valence electrons. The van der Waals surface area contributed by atoms with Crippen LogP contribution in [-0.2, 0) is 0 Å². The van der Waals surface area contributed by atoms with E-state index in [-0.39, 0.29) is 0 Å². The summed E-state index contributed by atoms with van der Waals surface area (Å²) in [6.07, 6.45) is 2.50. The summed E-state index contributed by atoms with van der Waals surface area (Å²) in [4.78, 5) is 6.65. The van der Waals surface area contributed by atoms with E-state index in [1.165, 1.54) is 6.33 Å². The molecule has 0 aliphatic heterocycles. The van der Waals surface area contributed by atoms with Crippen LogP contribution in [0.2, 0.25) is 0 Å². The Hall–Kier alpha value is -1.74. The van der Waals surface area contributed by atoms with Gasteiger partial charge in [0.1, 0.15) is 11.8 Å². The predicted molar refractivity (Wildman–Crippen MR) is 49.6 cm³/mol. The van der Waals surface area contributed by atoms with Gasteiger partial charge in [-0.1, -0.05) is 19.8 Å². The molecule has 3 nitrogen and oxygen atoms in total. The molecule has 13 heavy (non-hydrogen) atoms. The Bertz CT molecular complexity index is 373. The number of nitriles is 1. The molecule has 0 aliphatic carbocycles. The Morgan fingerprint density at radius 3 is 3.08 bits per heavy atom. The molecule has 0 bridgehead atoms. The zero-order valence-electron chi connectivity index (χ0n) is 7.76. The topological polar surface area (TPSA) is 52.5 Å². The second kappa shape index (κ2) is 4.33. The van der Waals surface area contributed by atoms with E-state index < -0.39 is 0 Å². The number of nitrogens with one attached hydrogen (secondary N) is 1. The molecule has 1 heterocycles. The number of aromatic amines is 1. The highest BCUT2D eigenvalue weighted by Gasteiger charge is 2.00. The second-order valence-corrected chi connectivity index (χ2v) is 2.82. The van der Waals surface area contributed by atoms with E-state index in [0.29, 0.717) is 17.3 Å². The highest BCUT2D eigenvalue weighted by Crippen LogP contribution is 2.01. The van der Waals surface area contributed by atoms with Gasteiger partial charge >= 0.3 is 0 Å². The van der Waals surface area contributed by atoms with Gasteiger partial charge in [-0.15, -0.1) is 0 Å². The molecule has 1 aromatic heterocycles. The molecular formula is C10H11N3. The van der Waals surface area contributed by atoms with Crippen molar-refractivity contribution < 1.29 is 0 Å². The fraction of sp³-hybridized carbons (Fsp3) is 0.400. The second-order valence-electron chi connectivity index (χ2n) is 2.82. The summed E-state index contributed by atoms with van der Waals surface area (Å²) in [6.45, 7) is 4.13. The van der Waals surface area contributed by atoms with Crippen molar-refractivity contribution in [2.24, 2.45) is 5.92 Å². The zero-order chi connectivity index (χ0) is 9.68. The number of H-pyrrole nitrogens is 1. The first kappa shape index (κ1) is 9.35. The Morgan fingerprint density at radius 2 is 2.46 bits per heavy atom. The van der Waals surface area contributed by atoms with Crippen LogP contribution in [0.4, 0.5) is 0 Å². The van der Waals surface area contributed by atoms with Gasteiger partial charge in [0.25, 0.3) is 0 Å². The smallest absolute Gasteiger partial charge is 0.174 e. The first-order valence-electron chi connectivity index (χ1n) is 4.23. The molecule has 0 saturated carbocycles.